The summed E-state index contributed by atoms with van der Waals surface area (Å²) in [6.07, 6.45) is 0. The molecule has 0 unspecified atom stereocenters. The molecule has 1 N–H and O–H groups in total. The highest BCUT2D eigenvalue weighted by Gasteiger charge is 2.17. The molecular formula is C16H17N5O. The Morgan fingerprint density at radius 2 is 1.91 bits per heavy atom. The summed E-state index contributed by atoms with van der Waals surface area (Å²) >= 11 is 0. The fraction of sp³-hybridized carbons (Fsp3) is 0.250. The van der Waals surface area contributed by atoms with Crippen molar-refractivity contribution in [3.63, 3.8) is 0 Å². The van der Waals surface area contributed by atoms with Gasteiger partial charge in [-0.2, -0.15) is 4.98 Å². The van der Waals surface area contributed by atoms with Crippen LogP contribution in [0.1, 0.15) is 40.5 Å². The van der Waals surface area contributed by atoms with Gasteiger partial charge in [-0.15, -0.1) is 5.10 Å². The summed E-state index contributed by atoms with van der Waals surface area (Å²) in [4.78, 5) is 20.8. The van der Waals surface area contributed by atoms with Crippen LogP contribution in [-0.2, 0) is 0 Å². The molecule has 1 aromatic carbocycles. The molecule has 0 spiro atoms. The van der Waals surface area contributed by atoms with Gasteiger partial charge in [0.15, 0.2) is 0 Å². The van der Waals surface area contributed by atoms with E-state index in [9.17, 15) is 4.79 Å². The van der Waals surface area contributed by atoms with Gasteiger partial charge in [-0.3, -0.25) is 4.79 Å². The number of nitrogens with zero attached hydrogens (tertiary/aromatic N) is 4. The standard InChI is InChI=1S/C16H17N5O/c1-10-9-11(2)21-16(17-10)19-14(20-21)15(22)18-12(3)13-7-5-4-6-8-13/h4-9,12H,1-3H3,(H,18,22)/t12-/m1/s1. The number of carbonyl (C=O) groups is 1. The molecule has 0 fully saturated rings. The number of amides is 1. The van der Waals surface area contributed by atoms with Crippen LogP contribution < -0.4 is 5.32 Å². The third-order valence-electron chi connectivity index (χ3n) is 3.47. The monoisotopic (exact) mass is 295 g/mol. The summed E-state index contributed by atoms with van der Waals surface area (Å²) < 4.78 is 1.58. The van der Waals surface area contributed by atoms with Crippen molar-refractivity contribution in [1.82, 2.24) is 24.9 Å². The molecule has 6 heteroatoms. The van der Waals surface area contributed by atoms with E-state index in [4.69, 9.17) is 0 Å². The summed E-state index contributed by atoms with van der Waals surface area (Å²) in [6, 6.07) is 11.5. The van der Waals surface area contributed by atoms with Crippen molar-refractivity contribution >= 4 is 11.7 Å². The highest BCUT2D eigenvalue weighted by Crippen LogP contribution is 2.12. The minimum atomic E-state index is -0.307. The zero-order valence-corrected chi connectivity index (χ0v) is 12.7. The Hall–Kier alpha value is -2.76. The van der Waals surface area contributed by atoms with Crippen LogP contribution in [0.25, 0.3) is 5.78 Å². The Morgan fingerprint density at radius 3 is 2.64 bits per heavy atom. The molecule has 1 atom stereocenters. The maximum Gasteiger partial charge on any atom is 0.291 e. The molecule has 3 rings (SSSR count). The number of hydrogen-bond donors (Lipinski definition) is 1. The second kappa shape index (κ2) is 5.55. The van der Waals surface area contributed by atoms with Gasteiger partial charge in [0.05, 0.1) is 6.04 Å². The van der Waals surface area contributed by atoms with Crippen LogP contribution in [-0.4, -0.2) is 25.5 Å². The first-order valence-corrected chi connectivity index (χ1v) is 7.11. The lowest BCUT2D eigenvalue weighted by Gasteiger charge is -2.12. The zero-order chi connectivity index (χ0) is 15.7. The van der Waals surface area contributed by atoms with Crippen molar-refractivity contribution in [3.05, 3.63) is 59.2 Å². The fourth-order valence-electron chi connectivity index (χ4n) is 2.35. The zero-order valence-electron chi connectivity index (χ0n) is 12.7. The topological polar surface area (TPSA) is 72.2 Å². The van der Waals surface area contributed by atoms with E-state index in [1.54, 1.807) is 4.52 Å². The highest BCUT2D eigenvalue weighted by molar-refractivity contribution is 5.91. The van der Waals surface area contributed by atoms with Gasteiger partial charge >= 0.3 is 0 Å². The van der Waals surface area contributed by atoms with Crippen molar-refractivity contribution < 1.29 is 4.79 Å². The van der Waals surface area contributed by atoms with Gasteiger partial charge in [0, 0.05) is 11.4 Å². The number of aromatic nitrogens is 4. The molecule has 6 nitrogen and oxygen atoms in total. The Labute approximate surface area is 128 Å². The van der Waals surface area contributed by atoms with Crippen LogP contribution in [0.4, 0.5) is 0 Å². The second-order valence-corrected chi connectivity index (χ2v) is 5.29. The first kappa shape index (κ1) is 14.2. The molecule has 0 aliphatic rings. The summed E-state index contributed by atoms with van der Waals surface area (Å²) in [6.45, 7) is 5.72. The average molecular weight is 295 g/mol. The highest BCUT2D eigenvalue weighted by atomic mass is 16.2. The van der Waals surface area contributed by atoms with E-state index in [1.807, 2.05) is 57.2 Å². The third kappa shape index (κ3) is 2.67. The van der Waals surface area contributed by atoms with E-state index >= 15 is 0 Å². The van der Waals surface area contributed by atoms with Gasteiger partial charge in [-0.05, 0) is 32.4 Å². The molecule has 112 valence electrons. The SMILES string of the molecule is Cc1cc(C)n2nc(C(=O)N[C@H](C)c3ccccc3)nc2n1. The van der Waals surface area contributed by atoms with E-state index in [-0.39, 0.29) is 17.8 Å². The molecule has 0 aliphatic carbocycles. The molecule has 1 amide bonds. The first-order chi connectivity index (χ1) is 10.5. The van der Waals surface area contributed by atoms with E-state index in [0.29, 0.717) is 5.78 Å². The molecule has 2 aromatic heterocycles. The van der Waals surface area contributed by atoms with Crippen LogP contribution in [0.2, 0.25) is 0 Å². The number of rotatable bonds is 3. The van der Waals surface area contributed by atoms with Crippen LogP contribution >= 0.6 is 0 Å². The summed E-state index contributed by atoms with van der Waals surface area (Å²) in [5.41, 5.74) is 2.77. The van der Waals surface area contributed by atoms with Crippen molar-refractivity contribution in [2.45, 2.75) is 26.8 Å². The normalized spacial score (nSPS) is 12.3. The molecule has 0 bridgehead atoms. The Kier molecular flexibility index (Phi) is 3.58. The molecule has 0 aliphatic heterocycles. The van der Waals surface area contributed by atoms with Crippen molar-refractivity contribution in [2.24, 2.45) is 0 Å². The van der Waals surface area contributed by atoms with E-state index in [0.717, 1.165) is 17.0 Å². The second-order valence-electron chi connectivity index (χ2n) is 5.29. The molecular weight excluding hydrogens is 278 g/mol. The number of fused-ring (bicyclic) bond motifs is 1. The lowest BCUT2D eigenvalue weighted by Crippen LogP contribution is -2.27. The Morgan fingerprint density at radius 1 is 1.18 bits per heavy atom. The van der Waals surface area contributed by atoms with Crippen molar-refractivity contribution in [3.8, 4) is 0 Å². The minimum absolute atomic E-state index is 0.115. The summed E-state index contributed by atoms with van der Waals surface area (Å²) in [5.74, 6) is 0.262. The van der Waals surface area contributed by atoms with E-state index in [2.05, 4.69) is 20.4 Å². The average Bonchev–Trinajstić information content (AvgIpc) is 2.92. The molecule has 22 heavy (non-hydrogen) atoms. The van der Waals surface area contributed by atoms with Crippen LogP contribution in [0.5, 0.6) is 0 Å². The Bertz CT molecular complexity index is 825. The molecule has 2 heterocycles. The predicted molar refractivity (Wildman–Crippen MR) is 82.6 cm³/mol. The minimum Gasteiger partial charge on any atom is -0.343 e. The van der Waals surface area contributed by atoms with Gasteiger partial charge in [-0.25, -0.2) is 9.50 Å². The first-order valence-electron chi connectivity index (χ1n) is 7.11. The molecule has 0 radical (unpaired) electrons. The number of nitrogens with one attached hydrogen (secondary N) is 1. The quantitative estimate of drug-likeness (QED) is 0.804. The van der Waals surface area contributed by atoms with Crippen molar-refractivity contribution in [1.29, 1.82) is 0 Å². The van der Waals surface area contributed by atoms with Gasteiger partial charge in [0.1, 0.15) is 0 Å². The third-order valence-corrected chi connectivity index (χ3v) is 3.47. The number of aryl methyl sites for hydroxylation is 2. The molecule has 3 aromatic rings. The van der Waals surface area contributed by atoms with Gasteiger partial charge < -0.3 is 5.32 Å². The lowest BCUT2D eigenvalue weighted by molar-refractivity contribution is 0.0929. The number of benzene rings is 1. The molecule has 0 saturated carbocycles. The largest absolute Gasteiger partial charge is 0.343 e. The molecule has 0 saturated heterocycles. The summed E-state index contributed by atoms with van der Waals surface area (Å²) in [7, 11) is 0. The van der Waals surface area contributed by atoms with Crippen LogP contribution in [0.15, 0.2) is 36.4 Å². The lowest BCUT2D eigenvalue weighted by atomic mass is 10.1. The summed E-state index contributed by atoms with van der Waals surface area (Å²) in [5, 5.41) is 7.13. The Balaban J connectivity index is 1.85. The van der Waals surface area contributed by atoms with Crippen molar-refractivity contribution in [2.75, 3.05) is 0 Å². The van der Waals surface area contributed by atoms with Gasteiger partial charge in [-0.1, -0.05) is 30.3 Å². The van der Waals surface area contributed by atoms with Gasteiger partial charge in [0.2, 0.25) is 5.82 Å². The van der Waals surface area contributed by atoms with Gasteiger partial charge in [0.25, 0.3) is 11.7 Å². The predicted octanol–water partition coefficient (Wildman–Crippen LogP) is 2.23. The number of hydrogen-bond acceptors (Lipinski definition) is 4. The van der Waals surface area contributed by atoms with E-state index < -0.39 is 0 Å². The van der Waals surface area contributed by atoms with E-state index in [1.165, 1.54) is 0 Å². The number of carbonyl (C=O) groups excluding carboxylic acids is 1. The van der Waals surface area contributed by atoms with Crippen LogP contribution in [0.3, 0.4) is 0 Å². The van der Waals surface area contributed by atoms with Crippen LogP contribution in [0, 0.1) is 13.8 Å². The maximum absolute atomic E-state index is 12.3. The fourth-order valence-corrected chi connectivity index (χ4v) is 2.35. The maximum atomic E-state index is 12.3. The smallest absolute Gasteiger partial charge is 0.291 e.